The average Bonchev–Trinajstić information content (AvgIpc) is 2.88. The number of benzene rings is 1. The summed E-state index contributed by atoms with van der Waals surface area (Å²) in [5, 5.41) is 17.9. The van der Waals surface area contributed by atoms with E-state index in [0.717, 1.165) is 0 Å². The topological polar surface area (TPSA) is 69.7 Å². The van der Waals surface area contributed by atoms with Crippen LogP contribution in [0.1, 0.15) is 5.69 Å². The number of rotatable bonds is 7. The van der Waals surface area contributed by atoms with Crippen LogP contribution in [0.2, 0.25) is 0 Å². The van der Waals surface area contributed by atoms with Gasteiger partial charge in [0, 0.05) is 25.2 Å². The van der Waals surface area contributed by atoms with E-state index in [1.165, 1.54) is 18.4 Å². The largest absolute Gasteiger partial charge is 0.444 e. The smallest absolute Gasteiger partial charge is 0.226 e. The molecule has 108 valence electrons. The first-order valence-electron chi connectivity index (χ1n) is 6.37. The van der Waals surface area contributed by atoms with E-state index in [-0.39, 0.29) is 19.0 Å². The van der Waals surface area contributed by atoms with Gasteiger partial charge in [-0.15, -0.1) is 0 Å². The Morgan fingerprint density at radius 1 is 1.20 bits per heavy atom. The van der Waals surface area contributed by atoms with Crippen LogP contribution >= 0.6 is 0 Å². The maximum Gasteiger partial charge on any atom is 0.226 e. The molecule has 2 rings (SSSR count). The Kier molecular flexibility index (Phi) is 5.23. The molecule has 0 bridgehead atoms. The minimum Gasteiger partial charge on any atom is -0.444 e. The van der Waals surface area contributed by atoms with Crippen LogP contribution in [-0.2, 0) is 6.54 Å². The summed E-state index contributed by atoms with van der Waals surface area (Å²) in [5.41, 5.74) is 1.25. The fourth-order valence-corrected chi connectivity index (χ4v) is 1.92. The normalized spacial score (nSPS) is 11.2. The van der Waals surface area contributed by atoms with Crippen molar-refractivity contribution < 1.29 is 19.0 Å². The Balaban J connectivity index is 2.08. The zero-order chi connectivity index (χ0) is 14.4. The Morgan fingerprint density at radius 2 is 1.95 bits per heavy atom. The lowest BCUT2D eigenvalue weighted by Gasteiger charge is -2.18. The molecule has 0 aliphatic carbocycles. The summed E-state index contributed by atoms with van der Waals surface area (Å²) in [6.45, 7) is 1.37. The minimum atomic E-state index is -0.343. The van der Waals surface area contributed by atoms with Gasteiger partial charge in [0.1, 0.15) is 12.1 Å². The highest BCUT2D eigenvalue weighted by Crippen LogP contribution is 2.19. The maximum absolute atomic E-state index is 13.1. The Hall–Kier alpha value is -1.76. The van der Waals surface area contributed by atoms with Gasteiger partial charge in [0.25, 0.3) is 0 Å². The van der Waals surface area contributed by atoms with Crippen molar-refractivity contribution >= 4 is 0 Å². The second-order valence-corrected chi connectivity index (χ2v) is 4.38. The number of oxazole rings is 1. The van der Waals surface area contributed by atoms with Gasteiger partial charge in [-0.3, -0.25) is 4.90 Å². The van der Waals surface area contributed by atoms with E-state index in [0.29, 0.717) is 36.8 Å². The van der Waals surface area contributed by atoms with Crippen molar-refractivity contribution in [1.29, 1.82) is 0 Å². The van der Waals surface area contributed by atoms with Crippen molar-refractivity contribution in [3.05, 3.63) is 42.0 Å². The number of aromatic nitrogens is 1. The Bertz CT molecular complexity index is 539. The van der Waals surface area contributed by atoms with Crippen LogP contribution in [-0.4, -0.2) is 46.4 Å². The van der Waals surface area contributed by atoms with Gasteiger partial charge in [-0.1, -0.05) is 6.07 Å². The van der Waals surface area contributed by atoms with Crippen molar-refractivity contribution in [3.8, 4) is 11.5 Å². The quantitative estimate of drug-likeness (QED) is 0.799. The molecular formula is C14H17FN2O3. The van der Waals surface area contributed by atoms with Crippen molar-refractivity contribution in [1.82, 2.24) is 9.88 Å². The molecule has 6 heteroatoms. The van der Waals surface area contributed by atoms with Crippen LogP contribution < -0.4 is 0 Å². The molecule has 0 radical (unpaired) electrons. The lowest BCUT2D eigenvalue weighted by molar-refractivity contribution is 0.154. The number of aliphatic hydroxyl groups excluding tert-OH is 2. The van der Waals surface area contributed by atoms with Crippen molar-refractivity contribution in [2.24, 2.45) is 0 Å². The third-order valence-electron chi connectivity index (χ3n) is 2.84. The Labute approximate surface area is 116 Å². The highest BCUT2D eigenvalue weighted by Gasteiger charge is 2.11. The first-order chi connectivity index (χ1) is 9.72. The number of hydrogen-bond donors (Lipinski definition) is 2. The van der Waals surface area contributed by atoms with Gasteiger partial charge in [-0.05, 0) is 18.2 Å². The molecule has 0 aliphatic rings. The lowest BCUT2D eigenvalue weighted by Crippen LogP contribution is -2.29. The van der Waals surface area contributed by atoms with E-state index < -0.39 is 0 Å². The van der Waals surface area contributed by atoms with E-state index in [1.807, 2.05) is 4.90 Å². The van der Waals surface area contributed by atoms with Crippen LogP contribution in [0.15, 0.2) is 34.9 Å². The summed E-state index contributed by atoms with van der Waals surface area (Å²) >= 11 is 0. The third-order valence-corrected chi connectivity index (χ3v) is 2.84. The molecule has 0 saturated heterocycles. The number of halogens is 1. The average molecular weight is 280 g/mol. The first kappa shape index (κ1) is 14.6. The van der Waals surface area contributed by atoms with E-state index in [4.69, 9.17) is 14.6 Å². The van der Waals surface area contributed by atoms with E-state index >= 15 is 0 Å². The van der Waals surface area contributed by atoms with Gasteiger partial charge < -0.3 is 14.6 Å². The van der Waals surface area contributed by atoms with Crippen molar-refractivity contribution in [2.45, 2.75) is 6.54 Å². The molecule has 2 aromatic rings. The zero-order valence-corrected chi connectivity index (χ0v) is 11.0. The second-order valence-electron chi connectivity index (χ2n) is 4.38. The van der Waals surface area contributed by atoms with Gasteiger partial charge in [0.15, 0.2) is 0 Å². The van der Waals surface area contributed by atoms with Crippen LogP contribution in [0.5, 0.6) is 0 Å². The molecule has 2 N–H and O–H groups in total. The minimum absolute atomic E-state index is 0.00854. The summed E-state index contributed by atoms with van der Waals surface area (Å²) in [5.74, 6) is 0.0110. The standard InChI is InChI=1S/C14H17FN2O3/c15-12-3-1-2-11(8-12)14-16-13(10-20-14)9-17(4-6-18)5-7-19/h1-3,8,10,18-19H,4-7,9H2. The van der Waals surface area contributed by atoms with Gasteiger partial charge in [0.2, 0.25) is 5.89 Å². The molecule has 1 aromatic heterocycles. The lowest BCUT2D eigenvalue weighted by atomic mass is 10.2. The molecule has 1 aromatic carbocycles. The number of nitrogens with zero attached hydrogens (tertiary/aromatic N) is 2. The van der Waals surface area contributed by atoms with Gasteiger partial charge in [-0.2, -0.15) is 0 Å². The molecule has 0 spiro atoms. The number of hydrogen-bond acceptors (Lipinski definition) is 5. The van der Waals surface area contributed by atoms with Gasteiger partial charge in [-0.25, -0.2) is 9.37 Å². The third kappa shape index (κ3) is 3.86. The summed E-state index contributed by atoms with van der Waals surface area (Å²) in [6, 6.07) is 6.03. The predicted molar refractivity (Wildman–Crippen MR) is 71.3 cm³/mol. The Morgan fingerprint density at radius 3 is 2.60 bits per heavy atom. The molecule has 5 nitrogen and oxygen atoms in total. The SMILES string of the molecule is OCCN(CCO)Cc1coc(-c2cccc(F)c2)n1. The summed E-state index contributed by atoms with van der Waals surface area (Å²) in [7, 11) is 0. The molecule has 20 heavy (non-hydrogen) atoms. The van der Waals surface area contributed by atoms with Crippen LogP contribution in [0.4, 0.5) is 4.39 Å². The molecule has 0 unspecified atom stereocenters. The first-order valence-corrected chi connectivity index (χ1v) is 6.37. The molecule has 0 amide bonds. The molecule has 0 aliphatic heterocycles. The zero-order valence-electron chi connectivity index (χ0n) is 11.0. The van der Waals surface area contributed by atoms with Crippen LogP contribution in [0.25, 0.3) is 11.5 Å². The molecule has 0 saturated carbocycles. The van der Waals surface area contributed by atoms with E-state index in [2.05, 4.69) is 4.98 Å². The summed E-state index contributed by atoms with van der Waals surface area (Å²) < 4.78 is 18.5. The number of aliphatic hydroxyl groups is 2. The molecule has 1 heterocycles. The fourth-order valence-electron chi connectivity index (χ4n) is 1.92. The van der Waals surface area contributed by atoms with E-state index in [9.17, 15) is 4.39 Å². The van der Waals surface area contributed by atoms with Crippen molar-refractivity contribution in [2.75, 3.05) is 26.3 Å². The summed E-state index contributed by atoms with van der Waals surface area (Å²) in [4.78, 5) is 6.14. The maximum atomic E-state index is 13.1. The van der Waals surface area contributed by atoms with Gasteiger partial charge in [0.05, 0.1) is 18.9 Å². The second kappa shape index (κ2) is 7.14. The summed E-state index contributed by atoms with van der Waals surface area (Å²) in [6.07, 6.45) is 1.50. The highest BCUT2D eigenvalue weighted by molar-refractivity contribution is 5.52. The molecule has 0 fully saturated rings. The predicted octanol–water partition coefficient (Wildman–Crippen LogP) is 1.27. The van der Waals surface area contributed by atoms with Crippen molar-refractivity contribution in [3.63, 3.8) is 0 Å². The van der Waals surface area contributed by atoms with Crippen LogP contribution in [0, 0.1) is 5.82 Å². The van der Waals surface area contributed by atoms with E-state index in [1.54, 1.807) is 12.1 Å². The van der Waals surface area contributed by atoms with Crippen LogP contribution in [0.3, 0.4) is 0 Å². The van der Waals surface area contributed by atoms with Gasteiger partial charge >= 0.3 is 0 Å². The molecule has 0 atom stereocenters. The molecular weight excluding hydrogens is 263 g/mol. The highest BCUT2D eigenvalue weighted by atomic mass is 19.1. The fraction of sp³-hybridized carbons (Fsp3) is 0.357. The monoisotopic (exact) mass is 280 g/mol.